The molecule has 0 radical (unpaired) electrons. The van der Waals surface area contributed by atoms with E-state index in [0.717, 1.165) is 5.56 Å². The molecule has 19 heavy (non-hydrogen) atoms. The van der Waals surface area contributed by atoms with Crippen LogP contribution in [0.1, 0.15) is 31.9 Å². The van der Waals surface area contributed by atoms with E-state index in [1.165, 1.54) is 0 Å². The zero-order chi connectivity index (χ0) is 14.2. The number of amides is 1. The Kier molecular flexibility index (Phi) is 4.39. The number of rotatable bonds is 3. The smallest absolute Gasteiger partial charge is 0.224 e. The molecule has 2 rings (SSSR count). The molecule has 104 valence electrons. The molecule has 1 aromatic carbocycles. The number of halogens is 2. The van der Waals surface area contributed by atoms with Crippen molar-refractivity contribution in [2.24, 2.45) is 11.7 Å². The summed E-state index contributed by atoms with van der Waals surface area (Å²) in [6, 6.07) is 5.02. The number of hydrogen-bond acceptors (Lipinski definition) is 2. The van der Waals surface area contributed by atoms with E-state index in [1.807, 2.05) is 17.0 Å². The van der Waals surface area contributed by atoms with Crippen molar-refractivity contribution in [3.63, 3.8) is 0 Å². The third-order valence-electron chi connectivity index (χ3n) is 3.26. The second-order valence-electron chi connectivity index (χ2n) is 5.46. The van der Waals surface area contributed by atoms with Gasteiger partial charge in [0.05, 0.1) is 6.04 Å². The average Bonchev–Trinajstić information content (AvgIpc) is 2.51. The molecule has 5 heteroatoms. The van der Waals surface area contributed by atoms with Gasteiger partial charge < -0.3 is 10.6 Å². The Morgan fingerprint density at radius 3 is 2.42 bits per heavy atom. The molecule has 1 aliphatic heterocycles. The molecule has 2 N–H and O–H groups in total. The van der Waals surface area contributed by atoms with Crippen LogP contribution in [0.5, 0.6) is 0 Å². The molecule has 1 aliphatic rings. The molecule has 1 amide bonds. The van der Waals surface area contributed by atoms with Crippen molar-refractivity contribution in [3.8, 4) is 0 Å². The van der Waals surface area contributed by atoms with E-state index in [0.29, 0.717) is 28.9 Å². The Morgan fingerprint density at radius 1 is 1.32 bits per heavy atom. The first kappa shape index (κ1) is 14.6. The molecule has 0 saturated carbocycles. The Morgan fingerprint density at radius 2 is 1.89 bits per heavy atom. The van der Waals surface area contributed by atoms with Crippen LogP contribution in [-0.2, 0) is 4.79 Å². The van der Waals surface area contributed by atoms with E-state index >= 15 is 0 Å². The van der Waals surface area contributed by atoms with Crippen molar-refractivity contribution in [3.05, 3.63) is 33.8 Å². The molecule has 3 nitrogen and oxygen atoms in total. The van der Waals surface area contributed by atoms with Crippen molar-refractivity contribution in [1.82, 2.24) is 4.90 Å². The van der Waals surface area contributed by atoms with Gasteiger partial charge in [0.1, 0.15) is 0 Å². The van der Waals surface area contributed by atoms with E-state index < -0.39 is 0 Å². The van der Waals surface area contributed by atoms with Crippen LogP contribution in [0, 0.1) is 5.92 Å². The summed E-state index contributed by atoms with van der Waals surface area (Å²) in [6.45, 7) is 4.86. The largest absolute Gasteiger partial charge is 0.334 e. The molecule has 2 unspecified atom stereocenters. The summed E-state index contributed by atoms with van der Waals surface area (Å²) < 4.78 is 0. The molecule has 2 atom stereocenters. The van der Waals surface area contributed by atoms with Crippen molar-refractivity contribution < 1.29 is 4.79 Å². The number of nitrogens with two attached hydrogens (primary N) is 1. The lowest BCUT2D eigenvalue weighted by Crippen LogP contribution is -2.35. The first-order valence-electron chi connectivity index (χ1n) is 6.39. The molecule has 1 saturated heterocycles. The summed E-state index contributed by atoms with van der Waals surface area (Å²) in [6.07, 6.45) is 0.377. The number of benzene rings is 1. The average molecular weight is 301 g/mol. The zero-order valence-corrected chi connectivity index (χ0v) is 12.6. The van der Waals surface area contributed by atoms with Gasteiger partial charge in [-0.05, 0) is 29.7 Å². The number of carbonyl (C=O) groups excluding carboxylic acids is 1. The Bertz CT molecular complexity index is 470. The Balaban J connectivity index is 2.36. The van der Waals surface area contributed by atoms with E-state index in [9.17, 15) is 4.79 Å². The topological polar surface area (TPSA) is 46.3 Å². The number of carbonyl (C=O) groups is 1. The fourth-order valence-corrected chi connectivity index (χ4v) is 3.14. The maximum absolute atomic E-state index is 12.1. The maximum atomic E-state index is 12.1. The van der Waals surface area contributed by atoms with Gasteiger partial charge in [-0.3, -0.25) is 4.79 Å². The summed E-state index contributed by atoms with van der Waals surface area (Å²) in [5.41, 5.74) is 7.03. The molecule has 1 heterocycles. The molecule has 0 aliphatic carbocycles. The fourth-order valence-electron chi connectivity index (χ4n) is 2.60. The lowest BCUT2D eigenvalue weighted by molar-refractivity contribution is -0.129. The Labute approximate surface area is 123 Å². The first-order valence-corrected chi connectivity index (χ1v) is 7.15. The highest BCUT2D eigenvalue weighted by Crippen LogP contribution is 2.35. The quantitative estimate of drug-likeness (QED) is 0.931. The highest BCUT2D eigenvalue weighted by molar-refractivity contribution is 6.34. The highest BCUT2D eigenvalue weighted by Gasteiger charge is 2.38. The second kappa shape index (κ2) is 5.70. The van der Waals surface area contributed by atoms with Crippen LogP contribution in [0.3, 0.4) is 0 Å². The maximum Gasteiger partial charge on any atom is 0.224 e. The minimum absolute atomic E-state index is 0.0993. The lowest BCUT2D eigenvalue weighted by atomic mass is 10.0. The minimum Gasteiger partial charge on any atom is -0.334 e. The van der Waals surface area contributed by atoms with Crippen LogP contribution in [0.4, 0.5) is 0 Å². The summed E-state index contributed by atoms with van der Waals surface area (Å²) in [7, 11) is 0. The second-order valence-corrected chi connectivity index (χ2v) is 6.33. The Hall–Kier alpha value is -0.770. The molecule has 1 aromatic rings. The van der Waals surface area contributed by atoms with Gasteiger partial charge in [0.15, 0.2) is 0 Å². The van der Waals surface area contributed by atoms with E-state index in [1.54, 1.807) is 6.07 Å². The van der Waals surface area contributed by atoms with Gasteiger partial charge >= 0.3 is 0 Å². The van der Waals surface area contributed by atoms with Crippen LogP contribution in [-0.4, -0.2) is 23.4 Å². The molecule has 0 aromatic heterocycles. The van der Waals surface area contributed by atoms with Gasteiger partial charge in [-0.15, -0.1) is 0 Å². The third-order valence-corrected chi connectivity index (χ3v) is 3.70. The van der Waals surface area contributed by atoms with E-state index in [2.05, 4.69) is 13.8 Å². The van der Waals surface area contributed by atoms with Gasteiger partial charge in [0.2, 0.25) is 5.91 Å². The number of hydrogen-bond donors (Lipinski definition) is 1. The molecule has 1 fully saturated rings. The fraction of sp³-hybridized carbons (Fsp3) is 0.500. The summed E-state index contributed by atoms with van der Waals surface area (Å²) >= 11 is 12.1. The normalized spacial score (nSPS) is 23.5. The van der Waals surface area contributed by atoms with Crippen LogP contribution in [0.15, 0.2) is 18.2 Å². The van der Waals surface area contributed by atoms with Gasteiger partial charge in [0.25, 0.3) is 0 Å². The van der Waals surface area contributed by atoms with Gasteiger partial charge in [-0.25, -0.2) is 0 Å². The molecular weight excluding hydrogens is 283 g/mol. The van der Waals surface area contributed by atoms with E-state index in [-0.39, 0.29) is 18.0 Å². The standard InChI is InChI=1S/C14H18Cl2N2O/c1-8(2)7-18-13(19)6-12(17)14(18)9-3-10(15)5-11(16)4-9/h3-5,8,12,14H,6-7,17H2,1-2H3. The van der Waals surface area contributed by atoms with Crippen LogP contribution < -0.4 is 5.73 Å². The molecule has 0 spiro atoms. The van der Waals surface area contributed by atoms with Gasteiger partial charge in [-0.1, -0.05) is 37.0 Å². The summed E-state index contributed by atoms with van der Waals surface area (Å²) in [5.74, 6) is 0.494. The van der Waals surface area contributed by atoms with Crippen molar-refractivity contribution in [1.29, 1.82) is 0 Å². The van der Waals surface area contributed by atoms with Crippen molar-refractivity contribution in [2.75, 3.05) is 6.54 Å². The van der Waals surface area contributed by atoms with Gasteiger partial charge in [0, 0.05) is 29.1 Å². The first-order chi connectivity index (χ1) is 8.88. The van der Waals surface area contributed by atoms with Crippen molar-refractivity contribution >= 4 is 29.1 Å². The predicted octanol–water partition coefficient (Wildman–Crippen LogP) is 3.25. The third kappa shape index (κ3) is 3.22. The SMILES string of the molecule is CC(C)CN1C(=O)CC(N)C1c1cc(Cl)cc(Cl)c1. The summed E-state index contributed by atoms with van der Waals surface area (Å²) in [4.78, 5) is 13.9. The zero-order valence-electron chi connectivity index (χ0n) is 11.1. The van der Waals surface area contributed by atoms with Crippen LogP contribution in [0.2, 0.25) is 10.0 Å². The van der Waals surface area contributed by atoms with Crippen molar-refractivity contribution in [2.45, 2.75) is 32.4 Å². The summed E-state index contributed by atoms with van der Waals surface area (Å²) in [5, 5.41) is 1.14. The van der Waals surface area contributed by atoms with E-state index in [4.69, 9.17) is 28.9 Å². The molecule has 0 bridgehead atoms. The number of nitrogens with zero attached hydrogens (tertiary/aromatic N) is 1. The predicted molar refractivity (Wildman–Crippen MR) is 78.3 cm³/mol. The monoisotopic (exact) mass is 300 g/mol. The van der Waals surface area contributed by atoms with Crippen LogP contribution >= 0.6 is 23.2 Å². The lowest BCUT2D eigenvalue weighted by Gasteiger charge is -2.29. The minimum atomic E-state index is -0.208. The van der Waals surface area contributed by atoms with Gasteiger partial charge in [-0.2, -0.15) is 0 Å². The molecular formula is C14H18Cl2N2O. The van der Waals surface area contributed by atoms with Crippen LogP contribution in [0.25, 0.3) is 0 Å². The number of likely N-dealkylation sites (tertiary alicyclic amines) is 1. The highest BCUT2D eigenvalue weighted by atomic mass is 35.5.